The molecule has 0 unspecified atom stereocenters. The lowest BCUT2D eigenvalue weighted by Gasteiger charge is -2.23. The molecule has 0 spiro atoms. The number of amides is 2. The van der Waals surface area contributed by atoms with Crippen LogP contribution in [0.25, 0.3) is 0 Å². The van der Waals surface area contributed by atoms with Crippen molar-refractivity contribution in [2.75, 3.05) is 34.8 Å². The van der Waals surface area contributed by atoms with Crippen molar-refractivity contribution in [1.82, 2.24) is 0 Å². The summed E-state index contributed by atoms with van der Waals surface area (Å²) < 4.78 is 0. The first kappa shape index (κ1) is 19.4. The maximum atomic E-state index is 12.3. The van der Waals surface area contributed by atoms with E-state index in [-0.39, 0.29) is 24.8 Å². The average Bonchev–Trinajstić information content (AvgIpc) is 3.23. The molecule has 2 aromatic carbocycles. The second-order valence-electron chi connectivity index (χ2n) is 6.84. The third-order valence-electron chi connectivity index (χ3n) is 4.90. The molecule has 0 atom stereocenters. The minimum atomic E-state index is -0.234. The van der Waals surface area contributed by atoms with Gasteiger partial charge >= 0.3 is 0 Å². The van der Waals surface area contributed by atoms with Gasteiger partial charge in [0, 0.05) is 44.4 Å². The molecule has 6 heteroatoms. The van der Waals surface area contributed by atoms with E-state index in [0.29, 0.717) is 11.3 Å². The Labute approximate surface area is 165 Å². The van der Waals surface area contributed by atoms with Crippen LogP contribution in [0, 0.1) is 11.3 Å². The largest absolute Gasteiger partial charge is 0.372 e. The summed E-state index contributed by atoms with van der Waals surface area (Å²) in [5, 5.41) is 11.9. The maximum absolute atomic E-state index is 12.3. The molecule has 1 aliphatic rings. The fourth-order valence-corrected chi connectivity index (χ4v) is 3.40. The molecule has 0 bridgehead atoms. The lowest BCUT2D eigenvalue weighted by atomic mass is 10.2. The highest BCUT2D eigenvalue weighted by molar-refractivity contribution is 5.95. The second-order valence-corrected chi connectivity index (χ2v) is 6.84. The summed E-state index contributed by atoms with van der Waals surface area (Å²) in [6, 6.07) is 16.8. The highest BCUT2D eigenvalue weighted by atomic mass is 16.2. The third-order valence-corrected chi connectivity index (χ3v) is 4.90. The van der Waals surface area contributed by atoms with Gasteiger partial charge in [-0.1, -0.05) is 12.1 Å². The van der Waals surface area contributed by atoms with E-state index in [1.54, 1.807) is 29.2 Å². The quantitative estimate of drug-likeness (QED) is 0.837. The Kier molecular flexibility index (Phi) is 6.28. The van der Waals surface area contributed by atoms with Crippen molar-refractivity contribution in [3.8, 4) is 6.07 Å². The van der Waals surface area contributed by atoms with E-state index in [4.69, 9.17) is 5.26 Å². The fourth-order valence-electron chi connectivity index (χ4n) is 3.40. The summed E-state index contributed by atoms with van der Waals surface area (Å²) in [7, 11) is 0. The van der Waals surface area contributed by atoms with Gasteiger partial charge in [-0.05, 0) is 49.2 Å². The number of nitrogens with zero attached hydrogens (tertiary/aromatic N) is 3. The first-order valence-electron chi connectivity index (χ1n) is 9.50. The van der Waals surface area contributed by atoms with Gasteiger partial charge in [0.2, 0.25) is 11.8 Å². The van der Waals surface area contributed by atoms with Gasteiger partial charge in [0.15, 0.2) is 0 Å². The number of nitriles is 1. The van der Waals surface area contributed by atoms with Gasteiger partial charge in [-0.25, -0.2) is 0 Å². The Hall–Kier alpha value is -3.33. The Balaban J connectivity index is 1.62. The zero-order valence-electron chi connectivity index (χ0n) is 16.0. The predicted octanol–water partition coefficient (Wildman–Crippen LogP) is 3.54. The lowest BCUT2D eigenvalue weighted by molar-refractivity contribution is -0.117. The number of carbonyl (C=O) groups is 2. The van der Waals surface area contributed by atoms with E-state index in [9.17, 15) is 9.59 Å². The van der Waals surface area contributed by atoms with Crippen LogP contribution in [0.4, 0.5) is 17.1 Å². The van der Waals surface area contributed by atoms with Crippen LogP contribution in [-0.4, -0.2) is 31.4 Å². The van der Waals surface area contributed by atoms with Crippen LogP contribution in [0.2, 0.25) is 0 Å². The van der Waals surface area contributed by atoms with Gasteiger partial charge in [-0.2, -0.15) is 5.26 Å². The molecular formula is C22H24N4O2. The first-order chi connectivity index (χ1) is 13.6. The molecule has 2 aromatic rings. The number of carbonyl (C=O) groups excluding carboxylic acids is 2. The molecular weight excluding hydrogens is 352 g/mol. The molecule has 0 aliphatic carbocycles. The van der Waals surface area contributed by atoms with Crippen LogP contribution in [0.15, 0.2) is 48.5 Å². The van der Waals surface area contributed by atoms with Crippen LogP contribution in [0.1, 0.15) is 31.7 Å². The molecule has 1 fully saturated rings. The maximum Gasteiger partial charge on any atom is 0.226 e. The number of rotatable bonds is 6. The molecule has 1 saturated heterocycles. The molecule has 1 heterocycles. The molecule has 144 valence electrons. The molecule has 1 N–H and O–H groups in total. The summed E-state index contributed by atoms with van der Waals surface area (Å²) in [5.41, 5.74) is 2.84. The number of benzene rings is 2. The summed E-state index contributed by atoms with van der Waals surface area (Å²) in [5.74, 6) is -0.346. The third kappa shape index (κ3) is 4.68. The molecule has 3 rings (SSSR count). The molecule has 0 radical (unpaired) electrons. The van der Waals surface area contributed by atoms with E-state index in [1.165, 1.54) is 19.8 Å². The predicted molar refractivity (Wildman–Crippen MR) is 110 cm³/mol. The summed E-state index contributed by atoms with van der Waals surface area (Å²) >= 11 is 0. The van der Waals surface area contributed by atoms with Crippen molar-refractivity contribution >= 4 is 28.9 Å². The fraction of sp³-hybridized carbons (Fsp3) is 0.318. The number of hydrogen-bond donors (Lipinski definition) is 1. The van der Waals surface area contributed by atoms with Gasteiger partial charge in [0.05, 0.1) is 11.3 Å². The van der Waals surface area contributed by atoms with E-state index in [1.807, 2.05) is 24.3 Å². The second kappa shape index (κ2) is 9.05. The smallest absolute Gasteiger partial charge is 0.226 e. The van der Waals surface area contributed by atoms with Crippen molar-refractivity contribution in [2.24, 2.45) is 0 Å². The zero-order valence-corrected chi connectivity index (χ0v) is 16.0. The van der Waals surface area contributed by atoms with Crippen LogP contribution in [-0.2, 0) is 9.59 Å². The van der Waals surface area contributed by atoms with Gasteiger partial charge < -0.3 is 15.1 Å². The van der Waals surface area contributed by atoms with Crippen molar-refractivity contribution < 1.29 is 9.59 Å². The lowest BCUT2D eigenvalue weighted by Crippen LogP contribution is -2.32. The first-order valence-corrected chi connectivity index (χ1v) is 9.50. The minimum Gasteiger partial charge on any atom is -0.372 e. The summed E-state index contributed by atoms with van der Waals surface area (Å²) in [6.07, 6.45) is 2.57. The SMILES string of the molecule is CC(=O)N(CCC(=O)Nc1ccccc1C#N)c1ccc(N2CCCC2)cc1. The van der Waals surface area contributed by atoms with Crippen LogP contribution in [0.5, 0.6) is 0 Å². The van der Waals surface area contributed by atoms with Crippen LogP contribution < -0.4 is 15.1 Å². The highest BCUT2D eigenvalue weighted by Crippen LogP contribution is 2.24. The van der Waals surface area contributed by atoms with E-state index in [0.717, 1.165) is 24.5 Å². The van der Waals surface area contributed by atoms with Gasteiger partial charge in [-0.15, -0.1) is 0 Å². The van der Waals surface area contributed by atoms with Crippen LogP contribution >= 0.6 is 0 Å². The topological polar surface area (TPSA) is 76.4 Å². The Morgan fingerprint density at radius 3 is 2.43 bits per heavy atom. The van der Waals surface area contributed by atoms with Gasteiger partial charge in [0.1, 0.15) is 6.07 Å². The Morgan fingerprint density at radius 1 is 1.11 bits per heavy atom. The Morgan fingerprint density at radius 2 is 1.79 bits per heavy atom. The van der Waals surface area contributed by atoms with E-state index < -0.39 is 0 Å². The zero-order chi connectivity index (χ0) is 19.9. The van der Waals surface area contributed by atoms with E-state index >= 15 is 0 Å². The molecule has 28 heavy (non-hydrogen) atoms. The van der Waals surface area contributed by atoms with Gasteiger partial charge in [-0.3, -0.25) is 9.59 Å². The van der Waals surface area contributed by atoms with Crippen LogP contribution in [0.3, 0.4) is 0 Å². The molecule has 6 nitrogen and oxygen atoms in total. The molecule has 0 aromatic heterocycles. The number of nitrogens with one attached hydrogen (secondary N) is 1. The van der Waals surface area contributed by atoms with Crippen molar-refractivity contribution in [2.45, 2.75) is 26.2 Å². The summed E-state index contributed by atoms with van der Waals surface area (Å²) in [4.78, 5) is 28.3. The number of para-hydroxylation sites is 1. The number of anilines is 3. The standard InChI is InChI=1S/C22H24N4O2/c1-17(27)26(20-10-8-19(9-11-20)25-13-4-5-14-25)15-12-22(28)24-21-7-3-2-6-18(21)16-23/h2-3,6-11H,4-5,12-15H2,1H3,(H,24,28). The summed E-state index contributed by atoms with van der Waals surface area (Å²) in [6.45, 7) is 3.91. The monoisotopic (exact) mass is 376 g/mol. The molecule has 2 amide bonds. The average molecular weight is 376 g/mol. The molecule has 0 saturated carbocycles. The Bertz CT molecular complexity index is 880. The van der Waals surface area contributed by atoms with Crippen molar-refractivity contribution in [3.05, 3.63) is 54.1 Å². The van der Waals surface area contributed by atoms with E-state index in [2.05, 4.69) is 16.3 Å². The number of hydrogen-bond acceptors (Lipinski definition) is 4. The highest BCUT2D eigenvalue weighted by Gasteiger charge is 2.16. The van der Waals surface area contributed by atoms with Crippen molar-refractivity contribution in [3.63, 3.8) is 0 Å². The van der Waals surface area contributed by atoms with Gasteiger partial charge in [0.25, 0.3) is 0 Å². The molecule has 1 aliphatic heterocycles. The normalized spacial score (nSPS) is 13.1. The van der Waals surface area contributed by atoms with Crippen molar-refractivity contribution in [1.29, 1.82) is 5.26 Å². The minimum absolute atomic E-state index is 0.112.